The highest BCUT2D eigenvalue weighted by Gasteiger charge is 2.00. The topological polar surface area (TPSA) is 12.4 Å². The number of thiol groups is 1. The zero-order valence-electron chi connectivity index (χ0n) is 4.22. The molecule has 1 rings (SSSR count). The molecule has 1 aliphatic heterocycles. The lowest BCUT2D eigenvalue weighted by molar-refractivity contribution is 1.18. The average Bonchev–Trinajstić information content (AvgIpc) is 2.14. The molecule has 0 N–H and O–H groups in total. The molecule has 0 aromatic carbocycles. The molecule has 1 radical (unpaired) electrons. The van der Waals surface area contributed by atoms with Crippen molar-refractivity contribution in [3.8, 4) is 0 Å². The average molecular weight is 134 g/mol. The van der Waals surface area contributed by atoms with Crippen molar-refractivity contribution in [2.75, 3.05) is 18.6 Å². The van der Waals surface area contributed by atoms with Gasteiger partial charge in [0.2, 0.25) is 0 Å². The second-order valence-electron chi connectivity index (χ2n) is 1.25. The molecule has 0 aliphatic carbocycles. The van der Waals surface area contributed by atoms with Gasteiger partial charge in [-0.2, -0.15) is 11.8 Å². The molecule has 0 bridgehead atoms. The van der Waals surface area contributed by atoms with Gasteiger partial charge < -0.3 is 0 Å². The van der Waals surface area contributed by atoms with Crippen LogP contribution in [0.1, 0.15) is 0 Å². The monoisotopic (exact) mass is 134 g/mol. The zero-order valence-corrected chi connectivity index (χ0v) is 5.93. The summed E-state index contributed by atoms with van der Waals surface area (Å²) in [6.07, 6.45) is 2.08. The Morgan fingerprint density at radius 2 is 2.71 bits per heavy atom. The van der Waals surface area contributed by atoms with Crippen LogP contribution < -0.4 is 0 Å². The minimum Gasteiger partial charge on any atom is -0.272 e. The highest BCUT2D eigenvalue weighted by Crippen LogP contribution is 2.18. The fourth-order valence-corrected chi connectivity index (χ4v) is 2.07. The van der Waals surface area contributed by atoms with E-state index in [2.05, 4.69) is 11.2 Å². The predicted molar refractivity (Wildman–Crippen MR) is 39.7 cm³/mol. The minimum absolute atomic E-state index is 1.05. The van der Waals surface area contributed by atoms with Crippen molar-refractivity contribution in [2.45, 2.75) is 0 Å². The van der Waals surface area contributed by atoms with E-state index >= 15 is 0 Å². The molecule has 0 spiro atoms. The van der Waals surface area contributed by atoms with Crippen LogP contribution in [0, 0.1) is 0 Å². The highest BCUT2D eigenvalue weighted by atomic mass is 32.2. The van der Waals surface area contributed by atoms with Crippen molar-refractivity contribution in [1.29, 1.82) is 0 Å². The van der Waals surface area contributed by atoms with E-state index in [0.29, 0.717) is 0 Å². The molecular formula is C4H8NS2. The molecule has 0 atom stereocenters. The standard InChI is InChI=1S/C4H8NS2/c1-6-4-5-2-3-7-4/h7H,2-3H2,1H3. The molecule has 0 fully saturated rings. The van der Waals surface area contributed by atoms with Crippen molar-refractivity contribution in [3.05, 3.63) is 0 Å². The van der Waals surface area contributed by atoms with E-state index in [-0.39, 0.29) is 0 Å². The van der Waals surface area contributed by atoms with Crippen molar-refractivity contribution < 1.29 is 0 Å². The number of nitrogens with zero attached hydrogens (tertiary/aromatic N) is 1. The van der Waals surface area contributed by atoms with Crippen LogP contribution in [0.3, 0.4) is 0 Å². The molecule has 0 aromatic rings. The van der Waals surface area contributed by atoms with E-state index in [9.17, 15) is 0 Å². The Hall–Kier alpha value is 0.370. The first-order valence-electron chi connectivity index (χ1n) is 2.19. The zero-order chi connectivity index (χ0) is 5.11. The van der Waals surface area contributed by atoms with Crippen LogP contribution in [0.5, 0.6) is 0 Å². The van der Waals surface area contributed by atoms with E-state index in [0.717, 1.165) is 6.54 Å². The Morgan fingerprint density at radius 3 is 3.00 bits per heavy atom. The lowest BCUT2D eigenvalue weighted by atomic mass is 10.8. The summed E-state index contributed by atoms with van der Waals surface area (Å²) in [5, 5.41) is 0. The first-order valence-corrected chi connectivity index (χ1v) is 4.50. The fraction of sp³-hybridized carbons (Fsp3) is 0.750. The highest BCUT2D eigenvalue weighted by molar-refractivity contribution is 8.38. The van der Waals surface area contributed by atoms with Crippen molar-refractivity contribution in [3.63, 3.8) is 0 Å². The second kappa shape index (κ2) is 2.62. The van der Waals surface area contributed by atoms with Gasteiger partial charge in [0, 0.05) is 12.3 Å². The van der Waals surface area contributed by atoms with Crippen molar-refractivity contribution in [1.82, 2.24) is 0 Å². The van der Waals surface area contributed by atoms with Crippen LogP contribution in [-0.2, 0) is 0 Å². The molecule has 7 heavy (non-hydrogen) atoms. The van der Waals surface area contributed by atoms with Gasteiger partial charge in [-0.15, -0.1) is 11.8 Å². The Kier molecular flexibility index (Phi) is 2.06. The third-order valence-electron chi connectivity index (χ3n) is 0.777. The second-order valence-corrected chi connectivity index (χ2v) is 3.53. The number of hydrogen-bond acceptors (Lipinski definition) is 2. The normalized spacial score (nSPS) is 19.9. The van der Waals surface area contributed by atoms with E-state index in [1.165, 1.54) is 21.9 Å². The Bertz CT molecular complexity index is 89.7. The first kappa shape index (κ1) is 5.51. The molecule has 0 saturated carbocycles. The maximum atomic E-state index is 4.22. The summed E-state index contributed by atoms with van der Waals surface area (Å²) in [4.78, 5) is 4.22. The molecular weight excluding hydrogens is 126 g/mol. The number of hydrogen-bond donors (Lipinski definition) is 1. The Morgan fingerprint density at radius 1 is 1.86 bits per heavy atom. The molecule has 3 heteroatoms. The number of thioether (sulfide) groups is 1. The molecule has 41 valence electrons. The van der Waals surface area contributed by atoms with E-state index < -0.39 is 0 Å². The quantitative estimate of drug-likeness (QED) is 0.491. The smallest absolute Gasteiger partial charge is 0.112 e. The van der Waals surface area contributed by atoms with Gasteiger partial charge in [0.25, 0.3) is 0 Å². The molecule has 1 aliphatic rings. The van der Waals surface area contributed by atoms with Gasteiger partial charge >= 0.3 is 0 Å². The maximum absolute atomic E-state index is 4.22. The summed E-state index contributed by atoms with van der Waals surface area (Å²) in [7, 11) is 0. The van der Waals surface area contributed by atoms with E-state index in [1.54, 1.807) is 11.8 Å². The van der Waals surface area contributed by atoms with Gasteiger partial charge in [-0.05, 0) is 6.26 Å². The third kappa shape index (κ3) is 1.39. The minimum atomic E-state index is 1.05. The predicted octanol–water partition coefficient (Wildman–Crippen LogP) is 1.18. The van der Waals surface area contributed by atoms with E-state index in [1.807, 2.05) is 0 Å². The fourth-order valence-electron chi connectivity index (χ4n) is 0.470. The van der Waals surface area contributed by atoms with Gasteiger partial charge in [-0.3, -0.25) is 4.99 Å². The molecule has 0 unspecified atom stereocenters. The Labute approximate surface area is 52.0 Å². The van der Waals surface area contributed by atoms with Gasteiger partial charge in [0.1, 0.15) is 4.38 Å². The summed E-state index contributed by atoms with van der Waals surface area (Å²) in [6.45, 7) is 1.05. The van der Waals surface area contributed by atoms with Crippen LogP contribution >= 0.6 is 23.5 Å². The lowest BCUT2D eigenvalue weighted by Gasteiger charge is -1.87. The number of aliphatic imine (C=N–C) groups is 1. The van der Waals surface area contributed by atoms with Crippen molar-refractivity contribution in [2.24, 2.45) is 4.99 Å². The molecule has 0 amide bonds. The van der Waals surface area contributed by atoms with Crippen LogP contribution in [0.2, 0.25) is 0 Å². The van der Waals surface area contributed by atoms with E-state index in [4.69, 9.17) is 0 Å². The lowest BCUT2D eigenvalue weighted by Crippen LogP contribution is -1.72. The molecule has 1 heterocycles. The maximum Gasteiger partial charge on any atom is 0.112 e. The van der Waals surface area contributed by atoms with Gasteiger partial charge in [0.15, 0.2) is 0 Å². The molecule has 1 nitrogen and oxygen atoms in total. The van der Waals surface area contributed by atoms with Crippen molar-refractivity contribution >= 4 is 27.9 Å². The largest absolute Gasteiger partial charge is 0.272 e. The third-order valence-corrected chi connectivity index (χ3v) is 3.04. The van der Waals surface area contributed by atoms with Crippen LogP contribution in [0.15, 0.2) is 4.99 Å². The van der Waals surface area contributed by atoms with Gasteiger partial charge in [0.05, 0.1) is 0 Å². The van der Waals surface area contributed by atoms with Crippen LogP contribution in [0.25, 0.3) is 0 Å². The molecule has 0 aromatic heterocycles. The van der Waals surface area contributed by atoms with Crippen LogP contribution in [0.4, 0.5) is 0 Å². The molecule has 0 saturated heterocycles. The summed E-state index contributed by atoms with van der Waals surface area (Å²) in [5.41, 5.74) is 0. The Balaban J connectivity index is 2.36. The van der Waals surface area contributed by atoms with Gasteiger partial charge in [-0.25, -0.2) is 0 Å². The van der Waals surface area contributed by atoms with Gasteiger partial charge in [-0.1, -0.05) is 0 Å². The summed E-state index contributed by atoms with van der Waals surface area (Å²) >= 11 is 3.20. The first-order chi connectivity index (χ1) is 3.43. The summed E-state index contributed by atoms with van der Waals surface area (Å²) < 4.78 is 1.31. The summed E-state index contributed by atoms with van der Waals surface area (Å²) in [6, 6.07) is 0. The number of rotatable bonds is 0. The SMILES string of the molecule is CSC1=NCC[SH]1. The summed E-state index contributed by atoms with van der Waals surface area (Å²) in [5.74, 6) is 1.25. The van der Waals surface area contributed by atoms with Crippen LogP contribution in [-0.4, -0.2) is 22.9 Å².